The van der Waals surface area contributed by atoms with Crippen LogP contribution < -0.4 is 14.5 Å². The molecule has 1 N–H and O–H groups in total. The van der Waals surface area contributed by atoms with Crippen molar-refractivity contribution in [1.29, 1.82) is 0 Å². The largest absolute Gasteiger partial charge is 0.377 e. The van der Waals surface area contributed by atoms with Gasteiger partial charge in [-0.2, -0.15) is 0 Å². The van der Waals surface area contributed by atoms with E-state index in [-0.39, 0.29) is 0 Å². The molecule has 1 fully saturated rings. The van der Waals surface area contributed by atoms with E-state index in [1.807, 2.05) is 0 Å². The number of anilines is 3. The second-order valence-electron chi connectivity index (χ2n) is 7.56. The van der Waals surface area contributed by atoms with Crippen LogP contribution in [0.3, 0.4) is 0 Å². The van der Waals surface area contributed by atoms with Gasteiger partial charge in [0.05, 0.1) is 0 Å². The van der Waals surface area contributed by atoms with Crippen LogP contribution in [0.4, 0.5) is 17.1 Å². The lowest BCUT2D eigenvalue weighted by molar-refractivity contribution is 0.313. The standard InChI is InChI=1S/C23H28N4S/c1-25(2)22-8-4-7-21-20(22)6-5-9-23(21)28-24-18-10-12-19(13-11-18)27-16-14-26(3)15-17-27/h4-13,24H,14-17H2,1-3H3. The predicted molar refractivity (Wildman–Crippen MR) is 124 cm³/mol. The van der Waals surface area contributed by atoms with Gasteiger partial charge in [-0.3, -0.25) is 0 Å². The van der Waals surface area contributed by atoms with Crippen LogP contribution in [-0.4, -0.2) is 52.2 Å². The summed E-state index contributed by atoms with van der Waals surface area (Å²) in [6.07, 6.45) is 0. The highest BCUT2D eigenvalue weighted by Crippen LogP contribution is 2.33. The third kappa shape index (κ3) is 4.05. The molecule has 28 heavy (non-hydrogen) atoms. The molecule has 0 aliphatic carbocycles. The average molecular weight is 393 g/mol. The Hall–Kier alpha value is -2.37. The maximum atomic E-state index is 3.52. The topological polar surface area (TPSA) is 21.8 Å². The number of nitrogens with zero attached hydrogens (tertiary/aromatic N) is 3. The van der Waals surface area contributed by atoms with Crippen molar-refractivity contribution in [3.8, 4) is 0 Å². The van der Waals surface area contributed by atoms with E-state index >= 15 is 0 Å². The minimum absolute atomic E-state index is 1.10. The smallest absolute Gasteiger partial charge is 0.0444 e. The Bertz CT molecular complexity index is 931. The Balaban J connectivity index is 1.47. The number of likely N-dealkylation sites (N-methyl/N-ethyl adjacent to an activating group) is 1. The number of fused-ring (bicyclic) bond motifs is 1. The van der Waals surface area contributed by atoms with Crippen molar-refractivity contribution in [2.24, 2.45) is 0 Å². The molecule has 4 nitrogen and oxygen atoms in total. The highest BCUT2D eigenvalue weighted by molar-refractivity contribution is 8.00. The second kappa shape index (κ2) is 8.33. The van der Waals surface area contributed by atoms with Crippen LogP contribution in [0.2, 0.25) is 0 Å². The second-order valence-corrected chi connectivity index (χ2v) is 8.41. The van der Waals surface area contributed by atoms with E-state index < -0.39 is 0 Å². The molecule has 0 saturated carbocycles. The van der Waals surface area contributed by atoms with Crippen molar-refractivity contribution < 1.29 is 0 Å². The highest BCUT2D eigenvalue weighted by atomic mass is 32.2. The van der Waals surface area contributed by atoms with Gasteiger partial charge in [0.2, 0.25) is 0 Å². The van der Waals surface area contributed by atoms with Gasteiger partial charge >= 0.3 is 0 Å². The Kier molecular flexibility index (Phi) is 5.64. The van der Waals surface area contributed by atoms with Crippen LogP contribution in [0.1, 0.15) is 0 Å². The van der Waals surface area contributed by atoms with Gasteiger partial charge in [0.1, 0.15) is 0 Å². The third-order valence-electron chi connectivity index (χ3n) is 5.36. The van der Waals surface area contributed by atoms with E-state index in [9.17, 15) is 0 Å². The summed E-state index contributed by atoms with van der Waals surface area (Å²) in [7, 11) is 6.37. The SMILES string of the molecule is CN1CCN(c2ccc(NSc3cccc4c(N(C)C)cccc34)cc2)CC1. The lowest BCUT2D eigenvalue weighted by Crippen LogP contribution is -2.44. The van der Waals surface area contributed by atoms with Crippen LogP contribution in [0.25, 0.3) is 10.8 Å². The van der Waals surface area contributed by atoms with Crippen molar-refractivity contribution in [2.45, 2.75) is 4.90 Å². The number of hydrogen-bond donors (Lipinski definition) is 1. The predicted octanol–water partition coefficient (Wildman–Crippen LogP) is 4.78. The Morgan fingerprint density at radius 3 is 2.21 bits per heavy atom. The van der Waals surface area contributed by atoms with Gasteiger partial charge in [-0.05, 0) is 60.8 Å². The molecule has 0 amide bonds. The molecule has 0 spiro atoms. The summed E-state index contributed by atoms with van der Waals surface area (Å²) in [4.78, 5) is 8.25. The Labute approximate surface area is 172 Å². The van der Waals surface area contributed by atoms with Crippen LogP contribution in [-0.2, 0) is 0 Å². The fraction of sp³-hybridized carbons (Fsp3) is 0.304. The Morgan fingerprint density at radius 1 is 0.821 bits per heavy atom. The summed E-state index contributed by atoms with van der Waals surface area (Å²) in [6.45, 7) is 4.46. The molecule has 146 valence electrons. The van der Waals surface area contributed by atoms with Crippen LogP contribution in [0, 0.1) is 0 Å². The number of rotatable bonds is 5. The molecule has 1 saturated heterocycles. The first-order valence-electron chi connectivity index (χ1n) is 9.77. The van der Waals surface area contributed by atoms with Crippen molar-refractivity contribution >= 4 is 39.8 Å². The molecule has 1 aliphatic heterocycles. The molecule has 1 aliphatic rings. The monoisotopic (exact) mass is 392 g/mol. The van der Waals surface area contributed by atoms with Crippen LogP contribution in [0.5, 0.6) is 0 Å². The molecule has 5 heteroatoms. The zero-order valence-corrected chi connectivity index (χ0v) is 17.7. The van der Waals surface area contributed by atoms with Crippen molar-refractivity contribution in [2.75, 3.05) is 61.8 Å². The van der Waals surface area contributed by atoms with E-state index in [1.165, 1.54) is 27.0 Å². The molecule has 0 atom stereocenters. The molecule has 1 heterocycles. The number of hydrogen-bond acceptors (Lipinski definition) is 5. The maximum Gasteiger partial charge on any atom is 0.0444 e. The summed E-state index contributed by atoms with van der Waals surface area (Å²) in [5.74, 6) is 0. The maximum absolute atomic E-state index is 3.52. The van der Waals surface area contributed by atoms with Crippen molar-refractivity contribution in [3.63, 3.8) is 0 Å². The number of benzene rings is 3. The minimum atomic E-state index is 1.10. The quantitative estimate of drug-likeness (QED) is 0.629. The zero-order valence-electron chi connectivity index (χ0n) is 16.9. The molecule has 0 unspecified atom stereocenters. The van der Waals surface area contributed by atoms with Crippen molar-refractivity contribution in [1.82, 2.24) is 4.90 Å². The van der Waals surface area contributed by atoms with Gasteiger partial charge < -0.3 is 19.4 Å². The summed E-state index contributed by atoms with van der Waals surface area (Å²) < 4.78 is 3.52. The lowest BCUT2D eigenvalue weighted by Gasteiger charge is -2.34. The number of nitrogens with one attached hydrogen (secondary N) is 1. The van der Waals surface area contributed by atoms with Gasteiger partial charge in [0, 0.05) is 67.6 Å². The van der Waals surface area contributed by atoms with Crippen LogP contribution >= 0.6 is 11.9 Å². The van der Waals surface area contributed by atoms with Gasteiger partial charge in [-0.1, -0.05) is 24.3 Å². The zero-order chi connectivity index (χ0) is 19.5. The first kappa shape index (κ1) is 19.0. The highest BCUT2D eigenvalue weighted by Gasteiger charge is 2.14. The van der Waals surface area contributed by atoms with E-state index in [0.29, 0.717) is 0 Å². The van der Waals surface area contributed by atoms with Gasteiger partial charge in [-0.15, -0.1) is 0 Å². The molecular formula is C23H28N4S. The molecule has 4 rings (SSSR count). The first-order chi connectivity index (χ1) is 13.6. The van der Waals surface area contributed by atoms with Gasteiger partial charge in [-0.25, -0.2) is 0 Å². The average Bonchev–Trinajstić information content (AvgIpc) is 2.72. The molecule has 0 bridgehead atoms. The summed E-state index contributed by atoms with van der Waals surface area (Å²) in [5.41, 5.74) is 3.68. The lowest BCUT2D eigenvalue weighted by atomic mass is 10.1. The van der Waals surface area contributed by atoms with E-state index in [0.717, 1.165) is 31.9 Å². The Morgan fingerprint density at radius 2 is 1.50 bits per heavy atom. The first-order valence-corrected chi connectivity index (χ1v) is 10.6. The third-order valence-corrected chi connectivity index (χ3v) is 6.27. The van der Waals surface area contributed by atoms with E-state index in [4.69, 9.17) is 0 Å². The summed E-state index contributed by atoms with van der Waals surface area (Å²) >= 11 is 1.68. The van der Waals surface area contributed by atoms with E-state index in [1.54, 1.807) is 11.9 Å². The van der Waals surface area contributed by atoms with E-state index in [2.05, 4.69) is 101 Å². The van der Waals surface area contributed by atoms with Gasteiger partial charge in [0.15, 0.2) is 0 Å². The molecule has 0 radical (unpaired) electrons. The summed E-state index contributed by atoms with van der Waals surface area (Å²) in [5, 5.41) is 2.56. The van der Waals surface area contributed by atoms with Crippen LogP contribution in [0.15, 0.2) is 65.6 Å². The van der Waals surface area contributed by atoms with Gasteiger partial charge in [0.25, 0.3) is 0 Å². The fourth-order valence-electron chi connectivity index (χ4n) is 3.66. The molecule has 3 aromatic rings. The summed E-state index contributed by atoms with van der Waals surface area (Å²) in [6, 6.07) is 21.8. The molecule has 0 aromatic heterocycles. The number of piperazine rings is 1. The van der Waals surface area contributed by atoms with Crippen molar-refractivity contribution in [3.05, 3.63) is 60.7 Å². The normalized spacial score (nSPS) is 15.0. The minimum Gasteiger partial charge on any atom is -0.377 e. The fourth-order valence-corrected chi connectivity index (χ4v) is 4.46. The molecule has 3 aromatic carbocycles. The molecular weight excluding hydrogens is 364 g/mol.